The van der Waals surface area contributed by atoms with E-state index in [1.165, 1.54) is 0 Å². The zero-order chi connectivity index (χ0) is 12.7. The highest BCUT2D eigenvalue weighted by atomic mass is 32.2. The Morgan fingerprint density at radius 1 is 1.47 bits per heavy atom. The van der Waals surface area contributed by atoms with Gasteiger partial charge >= 0.3 is 5.97 Å². The van der Waals surface area contributed by atoms with Crippen LogP contribution in [0, 0.1) is 0 Å². The lowest BCUT2D eigenvalue weighted by atomic mass is 9.84. The van der Waals surface area contributed by atoms with Gasteiger partial charge in [-0.05, 0) is 12.8 Å². The van der Waals surface area contributed by atoms with Crippen molar-refractivity contribution in [2.45, 2.75) is 25.2 Å². The molecule has 94 valence electrons. The number of sulfone groups is 1. The first-order chi connectivity index (χ1) is 7.82. The fourth-order valence-corrected chi connectivity index (χ4v) is 3.58. The van der Waals surface area contributed by atoms with Gasteiger partial charge in [-0.15, -0.1) is 0 Å². The molecule has 1 fully saturated rings. The van der Waals surface area contributed by atoms with Gasteiger partial charge in [-0.1, -0.05) is 6.92 Å². The molecule has 0 bridgehead atoms. The summed E-state index contributed by atoms with van der Waals surface area (Å²) in [6, 6.07) is 0. The molecule has 0 aliphatic carbocycles. The van der Waals surface area contributed by atoms with Crippen molar-refractivity contribution < 1.29 is 22.7 Å². The molecule has 0 saturated carbocycles. The van der Waals surface area contributed by atoms with Crippen molar-refractivity contribution in [1.29, 1.82) is 0 Å². The van der Waals surface area contributed by atoms with E-state index >= 15 is 0 Å². The minimum absolute atomic E-state index is 0.0916. The summed E-state index contributed by atoms with van der Waals surface area (Å²) in [4.78, 5) is 14.6. The Kier molecular flexibility index (Phi) is 2.73. The van der Waals surface area contributed by atoms with Crippen molar-refractivity contribution in [2.75, 3.05) is 11.5 Å². The smallest absolute Gasteiger partial charge is 0.373 e. The Labute approximate surface area is 98.6 Å². The average Bonchev–Trinajstić information content (AvgIpc) is 2.73. The number of hydrogen-bond acceptors (Lipinski definition) is 5. The van der Waals surface area contributed by atoms with Crippen molar-refractivity contribution in [3.05, 3.63) is 17.8 Å². The predicted octanol–water partition coefficient (Wildman–Crippen LogP) is 0.839. The van der Waals surface area contributed by atoms with Gasteiger partial charge in [-0.3, -0.25) is 0 Å². The molecule has 0 spiro atoms. The Morgan fingerprint density at radius 3 is 2.53 bits per heavy atom. The van der Waals surface area contributed by atoms with Crippen molar-refractivity contribution in [3.8, 4) is 0 Å². The Morgan fingerprint density at radius 2 is 2.06 bits per heavy atom. The first-order valence-electron chi connectivity index (χ1n) is 5.22. The molecule has 7 heteroatoms. The third kappa shape index (κ3) is 2.33. The number of carboxylic acids is 1. The van der Waals surface area contributed by atoms with Crippen LogP contribution in [-0.2, 0) is 15.3 Å². The van der Waals surface area contributed by atoms with E-state index in [1.807, 2.05) is 6.92 Å². The zero-order valence-electron chi connectivity index (χ0n) is 9.34. The van der Waals surface area contributed by atoms with Gasteiger partial charge in [0, 0.05) is 5.41 Å². The van der Waals surface area contributed by atoms with Gasteiger partial charge in [0.05, 0.1) is 17.7 Å². The van der Waals surface area contributed by atoms with Crippen molar-refractivity contribution in [1.82, 2.24) is 4.98 Å². The number of carbonyl (C=O) groups is 1. The molecular weight excluding hydrogens is 246 g/mol. The quantitative estimate of drug-likeness (QED) is 0.845. The molecule has 0 unspecified atom stereocenters. The largest absolute Gasteiger partial charge is 0.475 e. The van der Waals surface area contributed by atoms with E-state index in [2.05, 4.69) is 4.98 Å². The summed E-state index contributed by atoms with van der Waals surface area (Å²) in [6.07, 6.45) is 1.98. The first kappa shape index (κ1) is 12.1. The second-order valence-electron chi connectivity index (χ2n) is 4.55. The summed E-state index contributed by atoms with van der Waals surface area (Å²) < 4.78 is 27.8. The summed E-state index contributed by atoms with van der Waals surface area (Å²) in [5.41, 5.74) is -0.487. The Bertz CT molecular complexity index is 531. The summed E-state index contributed by atoms with van der Waals surface area (Å²) >= 11 is 0. The molecule has 0 radical (unpaired) electrons. The molecule has 2 rings (SSSR count). The first-order valence-corrected chi connectivity index (χ1v) is 7.05. The SMILES string of the molecule is CC1(c2ncc(C(=O)O)o2)CCS(=O)(=O)CC1. The fourth-order valence-electron chi connectivity index (χ4n) is 1.85. The van der Waals surface area contributed by atoms with E-state index in [9.17, 15) is 13.2 Å². The molecule has 2 heterocycles. The second-order valence-corrected chi connectivity index (χ2v) is 6.85. The van der Waals surface area contributed by atoms with Gasteiger partial charge in [0.15, 0.2) is 0 Å². The maximum Gasteiger partial charge on any atom is 0.373 e. The van der Waals surface area contributed by atoms with Gasteiger partial charge < -0.3 is 9.52 Å². The second kappa shape index (κ2) is 3.83. The molecule has 0 amide bonds. The molecule has 0 aromatic carbocycles. The van der Waals surface area contributed by atoms with Crippen LogP contribution in [0.4, 0.5) is 0 Å². The molecule has 1 aliphatic heterocycles. The number of aromatic nitrogens is 1. The van der Waals surface area contributed by atoms with E-state index < -0.39 is 21.2 Å². The van der Waals surface area contributed by atoms with Gasteiger partial charge in [0.25, 0.3) is 0 Å². The van der Waals surface area contributed by atoms with E-state index in [0.29, 0.717) is 18.7 Å². The van der Waals surface area contributed by atoms with E-state index in [1.54, 1.807) is 0 Å². The van der Waals surface area contributed by atoms with Crippen LogP contribution in [0.5, 0.6) is 0 Å². The number of carboxylic acid groups (broad SMARTS) is 1. The summed E-state index contributed by atoms with van der Waals surface area (Å²) in [7, 11) is -2.96. The topological polar surface area (TPSA) is 97.5 Å². The standard InChI is InChI=1S/C10H13NO5S/c1-10(2-4-17(14,15)5-3-10)9-11-6-7(16-9)8(12)13/h6H,2-5H2,1H3,(H,12,13). The van der Waals surface area contributed by atoms with Crippen LogP contribution in [0.15, 0.2) is 10.6 Å². The van der Waals surface area contributed by atoms with Crippen molar-refractivity contribution >= 4 is 15.8 Å². The van der Waals surface area contributed by atoms with Gasteiger partial charge in [0.2, 0.25) is 11.7 Å². The third-order valence-corrected chi connectivity index (χ3v) is 4.81. The predicted molar refractivity (Wildman–Crippen MR) is 58.7 cm³/mol. The molecular formula is C10H13NO5S. The molecule has 1 aromatic rings. The number of nitrogens with zero attached hydrogens (tertiary/aromatic N) is 1. The van der Waals surface area contributed by atoms with Crippen LogP contribution >= 0.6 is 0 Å². The van der Waals surface area contributed by atoms with Crippen LogP contribution in [0.1, 0.15) is 36.2 Å². The lowest BCUT2D eigenvalue weighted by molar-refractivity contribution is 0.0657. The highest BCUT2D eigenvalue weighted by Crippen LogP contribution is 2.35. The zero-order valence-corrected chi connectivity index (χ0v) is 10.2. The maximum absolute atomic E-state index is 11.3. The van der Waals surface area contributed by atoms with E-state index in [0.717, 1.165) is 6.20 Å². The highest BCUT2D eigenvalue weighted by molar-refractivity contribution is 7.91. The van der Waals surface area contributed by atoms with Crippen LogP contribution in [0.25, 0.3) is 0 Å². The minimum Gasteiger partial charge on any atom is -0.475 e. The van der Waals surface area contributed by atoms with Crippen LogP contribution < -0.4 is 0 Å². The normalized spacial score (nSPS) is 22.2. The maximum atomic E-state index is 11.3. The molecule has 0 atom stereocenters. The number of oxazole rings is 1. The lowest BCUT2D eigenvalue weighted by Gasteiger charge is -2.29. The van der Waals surface area contributed by atoms with Crippen molar-refractivity contribution in [3.63, 3.8) is 0 Å². The van der Waals surface area contributed by atoms with Gasteiger partial charge in [0.1, 0.15) is 9.84 Å². The minimum atomic E-state index is -2.96. The Hall–Kier alpha value is -1.37. The number of rotatable bonds is 2. The molecule has 1 aliphatic rings. The summed E-state index contributed by atoms with van der Waals surface area (Å²) in [5.74, 6) is -0.891. The van der Waals surface area contributed by atoms with Gasteiger partial charge in [-0.2, -0.15) is 0 Å². The van der Waals surface area contributed by atoms with Gasteiger partial charge in [-0.25, -0.2) is 18.2 Å². The van der Waals surface area contributed by atoms with Crippen molar-refractivity contribution in [2.24, 2.45) is 0 Å². The van der Waals surface area contributed by atoms with E-state index in [-0.39, 0.29) is 17.3 Å². The lowest BCUT2D eigenvalue weighted by Crippen LogP contribution is -2.34. The average molecular weight is 259 g/mol. The molecule has 1 aromatic heterocycles. The van der Waals surface area contributed by atoms with Crippen LogP contribution in [0.3, 0.4) is 0 Å². The molecule has 6 nitrogen and oxygen atoms in total. The fraction of sp³-hybridized carbons (Fsp3) is 0.600. The van der Waals surface area contributed by atoms with Crippen LogP contribution in [0.2, 0.25) is 0 Å². The molecule has 17 heavy (non-hydrogen) atoms. The number of hydrogen-bond donors (Lipinski definition) is 1. The number of aromatic carboxylic acids is 1. The third-order valence-electron chi connectivity index (χ3n) is 3.16. The van der Waals surface area contributed by atoms with Crippen LogP contribution in [-0.4, -0.2) is 36.0 Å². The van der Waals surface area contributed by atoms with E-state index in [4.69, 9.17) is 9.52 Å². The summed E-state index contributed by atoms with van der Waals surface area (Å²) in [5, 5.41) is 8.73. The monoisotopic (exact) mass is 259 g/mol. The summed E-state index contributed by atoms with van der Waals surface area (Å²) in [6.45, 7) is 1.85. The Balaban J connectivity index is 2.24. The highest BCUT2D eigenvalue weighted by Gasteiger charge is 2.38. The molecule has 1 saturated heterocycles. The molecule has 1 N–H and O–H groups in total.